The van der Waals surface area contributed by atoms with Crippen molar-refractivity contribution in [1.29, 1.82) is 0 Å². The molecule has 0 bridgehead atoms. The number of hydrogen-bond donors (Lipinski definition) is 0. The second-order valence-electron chi connectivity index (χ2n) is 7.09. The number of alkyl halides is 3. The summed E-state index contributed by atoms with van der Waals surface area (Å²) in [4.78, 5) is 2.42. The highest BCUT2D eigenvalue weighted by Crippen LogP contribution is 2.36. The topological polar surface area (TPSA) is 40.6 Å². The first-order valence-corrected chi connectivity index (χ1v) is 10.1. The van der Waals surface area contributed by atoms with Crippen LogP contribution in [0, 0.1) is 5.92 Å². The van der Waals surface area contributed by atoms with E-state index >= 15 is 0 Å². The van der Waals surface area contributed by atoms with Crippen molar-refractivity contribution in [2.24, 2.45) is 5.92 Å². The standard InChI is InChI=1S/C19H19F3N2O2S/c20-19(21,22)16-8-6-14(7-9-16)10-23-11-15-12-24(13-18(15)23)27(25,26)17-4-2-1-3-5-17/h1-9,15,18H,10-13H2/t15-,18-/m0/s1. The highest BCUT2D eigenvalue weighted by molar-refractivity contribution is 7.89. The van der Waals surface area contributed by atoms with Gasteiger partial charge in [0.15, 0.2) is 0 Å². The zero-order valence-electron chi connectivity index (χ0n) is 14.4. The van der Waals surface area contributed by atoms with Crippen LogP contribution in [0.1, 0.15) is 11.1 Å². The first-order chi connectivity index (χ1) is 12.7. The first-order valence-electron chi connectivity index (χ1n) is 8.70. The molecular formula is C19H19F3N2O2S. The molecule has 0 radical (unpaired) electrons. The van der Waals surface area contributed by atoms with Crippen molar-refractivity contribution in [3.63, 3.8) is 0 Å². The van der Waals surface area contributed by atoms with Crippen LogP contribution in [-0.2, 0) is 22.7 Å². The van der Waals surface area contributed by atoms with Crippen molar-refractivity contribution in [2.75, 3.05) is 19.6 Å². The zero-order chi connectivity index (χ0) is 19.2. The summed E-state index contributed by atoms with van der Waals surface area (Å²) < 4.78 is 65.0. The summed E-state index contributed by atoms with van der Waals surface area (Å²) in [5.41, 5.74) is 0.138. The highest BCUT2D eigenvalue weighted by Gasteiger charge is 2.48. The van der Waals surface area contributed by atoms with Gasteiger partial charge in [-0.3, -0.25) is 4.90 Å². The van der Waals surface area contributed by atoms with E-state index in [1.54, 1.807) is 30.3 Å². The first kappa shape index (κ1) is 18.5. The molecule has 2 aromatic rings. The molecule has 0 aromatic heterocycles. The number of nitrogens with zero attached hydrogens (tertiary/aromatic N) is 2. The lowest BCUT2D eigenvalue weighted by molar-refractivity contribution is -0.137. The van der Waals surface area contributed by atoms with E-state index in [2.05, 4.69) is 4.90 Å². The molecule has 0 saturated carbocycles. The second-order valence-corrected chi connectivity index (χ2v) is 9.02. The molecule has 0 spiro atoms. The van der Waals surface area contributed by atoms with Crippen molar-refractivity contribution >= 4 is 10.0 Å². The van der Waals surface area contributed by atoms with Crippen LogP contribution in [0.15, 0.2) is 59.5 Å². The fraction of sp³-hybridized carbons (Fsp3) is 0.368. The summed E-state index contributed by atoms with van der Waals surface area (Å²) in [6.45, 7) is 2.19. The Kier molecular flexibility index (Phi) is 4.52. The van der Waals surface area contributed by atoms with Gasteiger partial charge in [0, 0.05) is 38.1 Å². The lowest BCUT2D eigenvalue weighted by Gasteiger charge is -2.43. The maximum absolute atomic E-state index is 12.8. The van der Waals surface area contributed by atoms with E-state index in [4.69, 9.17) is 0 Å². The molecule has 2 aromatic carbocycles. The van der Waals surface area contributed by atoms with Gasteiger partial charge >= 0.3 is 6.18 Å². The Morgan fingerprint density at radius 2 is 1.59 bits per heavy atom. The van der Waals surface area contributed by atoms with Gasteiger partial charge in [0.25, 0.3) is 0 Å². The van der Waals surface area contributed by atoms with Crippen molar-refractivity contribution in [3.05, 3.63) is 65.7 Å². The van der Waals surface area contributed by atoms with Gasteiger partial charge in [-0.15, -0.1) is 0 Å². The van der Waals surface area contributed by atoms with Crippen LogP contribution in [0.5, 0.6) is 0 Å². The van der Waals surface area contributed by atoms with Crippen LogP contribution < -0.4 is 0 Å². The Balaban J connectivity index is 1.41. The van der Waals surface area contributed by atoms with Gasteiger partial charge in [0.1, 0.15) is 0 Å². The van der Waals surface area contributed by atoms with Crippen LogP contribution in [-0.4, -0.2) is 43.3 Å². The largest absolute Gasteiger partial charge is 0.416 e. The monoisotopic (exact) mass is 396 g/mol. The van der Waals surface area contributed by atoms with E-state index in [0.717, 1.165) is 24.2 Å². The van der Waals surface area contributed by atoms with Gasteiger partial charge in [-0.05, 0) is 29.8 Å². The maximum atomic E-state index is 12.8. The maximum Gasteiger partial charge on any atom is 0.416 e. The molecule has 0 N–H and O–H groups in total. The van der Waals surface area contributed by atoms with Crippen molar-refractivity contribution in [1.82, 2.24) is 9.21 Å². The summed E-state index contributed by atoms with van der Waals surface area (Å²) in [7, 11) is -3.50. The van der Waals surface area contributed by atoms with E-state index in [9.17, 15) is 21.6 Å². The average Bonchev–Trinajstić information content (AvgIpc) is 2.98. The van der Waals surface area contributed by atoms with Gasteiger partial charge in [-0.25, -0.2) is 8.42 Å². The molecule has 2 aliphatic heterocycles. The molecule has 2 aliphatic rings. The van der Waals surface area contributed by atoms with Gasteiger partial charge in [0.2, 0.25) is 10.0 Å². The summed E-state index contributed by atoms with van der Waals surface area (Å²) in [6, 6.07) is 13.6. The molecule has 4 rings (SSSR count). The van der Waals surface area contributed by atoms with E-state index in [-0.39, 0.29) is 12.0 Å². The molecule has 0 amide bonds. The number of fused-ring (bicyclic) bond motifs is 1. The fourth-order valence-electron chi connectivity index (χ4n) is 3.86. The lowest BCUT2D eigenvalue weighted by Crippen LogP contribution is -2.54. The van der Waals surface area contributed by atoms with Gasteiger partial charge in [-0.2, -0.15) is 17.5 Å². The van der Waals surface area contributed by atoms with Crippen LogP contribution in [0.4, 0.5) is 13.2 Å². The molecule has 2 fully saturated rings. The van der Waals surface area contributed by atoms with Crippen molar-refractivity contribution in [3.8, 4) is 0 Å². The van der Waals surface area contributed by atoms with Crippen LogP contribution in [0.2, 0.25) is 0 Å². The summed E-state index contributed by atoms with van der Waals surface area (Å²) in [5, 5.41) is 0. The minimum absolute atomic E-state index is 0.116. The van der Waals surface area contributed by atoms with E-state index < -0.39 is 21.8 Å². The third-order valence-corrected chi connectivity index (χ3v) is 7.20. The molecular weight excluding hydrogens is 377 g/mol. The predicted octanol–water partition coefficient (Wildman–Crippen LogP) is 3.21. The van der Waals surface area contributed by atoms with Gasteiger partial charge in [0.05, 0.1) is 10.5 Å². The smallest absolute Gasteiger partial charge is 0.294 e. The molecule has 27 heavy (non-hydrogen) atoms. The van der Waals surface area contributed by atoms with Crippen molar-refractivity contribution < 1.29 is 21.6 Å². The Morgan fingerprint density at radius 1 is 0.926 bits per heavy atom. The van der Waals surface area contributed by atoms with Gasteiger partial charge in [-0.1, -0.05) is 30.3 Å². The fourth-order valence-corrected chi connectivity index (χ4v) is 5.40. The highest BCUT2D eigenvalue weighted by atomic mass is 32.2. The molecule has 144 valence electrons. The number of halogens is 3. The minimum atomic E-state index is -4.34. The van der Waals surface area contributed by atoms with Crippen LogP contribution in [0.3, 0.4) is 0 Å². The molecule has 0 aliphatic carbocycles. The predicted molar refractivity (Wildman–Crippen MR) is 94.3 cm³/mol. The SMILES string of the molecule is O=S(=O)(c1ccccc1)N1C[C@@H]2CN(Cc3ccc(C(F)(F)F)cc3)[C@H]2C1. The van der Waals surface area contributed by atoms with Crippen molar-refractivity contribution in [2.45, 2.75) is 23.7 Å². The molecule has 8 heteroatoms. The molecule has 2 heterocycles. The number of hydrogen-bond acceptors (Lipinski definition) is 3. The second kappa shape index (κ2) is 6.61. The van der Waals surface area contributed by atoms with Crippen LogP contribution in [0.25, 0.3) is 0 Å². The van der Waals surface area contributed by atoms with E-state index in [1.165, 1.54) is 16.4 Å². The van der Waals surface area contributed by atoms with E-state index in [1.807, 2.05) is 0 Å². The summed E-state index contributed by atoms with van der Waals surface area (Å²) in [6.07, 6.45) is -4.34. The Morgan fingerprint density at radius 3 is 2.22 bits per heavy atom. The zero-order valence-corrected chi connectivity index (χ0v) is 15.2. The van der Waals surface area contributed by atoms with Gasteiger partial charge < -0.3 is 0 Å². The molecule has 0 unspecified atom stereocenters. The summed E-state index contributed by atoms with van der Waals surface area (Å²) >= 11 is 0. The third-order valence-electron chi connectivity index (χ3n) is 5.36. The quantitative estimate of drug-likeness (QED) is 0.797. The molecule has 4 nitrogen and oxygen atoms in total. The molecule has 2 atom stereocenters. The number of rotatable bonds is 4. The Labute approximate surface area is 156 Å². The number of benzene rings is 2. The number of sulfonamides is 1. The van der Waals surface area contributed by atoms with Crippen LogP contribution >= 0.6 is 0 Å². The molecule has 2 saturated heterocycles. The summed E-state index contributed by atoms with van der Waals surface area (Å²) in [5.74, 6) is 0.276. The van der Waals surface area contributed by atoms with E-state index in [0.29, 0.717) is 24.5 Å². The normalized spacial score (nSPS) is 23.8. The Bertz CT molecular complexity index is 914. The average molecular weight is 396 g/mol. The minimum Gasteiger partial charge on any atom is -0.294 e. The third kappa shape index (κ3) is 3.49. The lowest BCUT2D eigenvalue weighted by atomic mass is 9.91. The Hall–Kier alpha value is -1.90. The number of likely N-dealkylation sites (tertiary alicyclic amines) is 1.